The summed E-state index contributed by atoms with van der Waals surface area (Å²) >= 11 is 1.67. The van der Waals surface area contributed by atoms with Crippen molar-refractivity contribution >= 4 is 28.1 Å². The van der Waals surface area contributed by atoms with E-state index in [1.54, 1.807) is 17.5 Å². The number of aromatic nitrogens is 1. The lowest BCUT2D eigenvalue weighted by atomic mass is 10.0. The van der Waals surface area contributed by atoms with Crippen LogP contribution in [0.5, 0.6) is 0 Å². The fraction of sp³-hybridized carbons (Fsp3) is 0.0909. The maximum Gasteiger partial charge on any atom is 0.251 e. The fourth-order valence-electron chi connectivity index (χ4n) is 3.08. The molecule has 4 heteroatoms. The van der Waals surface area contributed by atoms with Gasteiger partial charge in [0.15, 0.2) is 0 Å². The van der Waals surface area contributed by atoms with E-state index in [9.17, 15) is 4.79 Å². The minimum Gasteiger partial charge on any atom is -0.348 e. The molecule has 26 heavy (non-hydrogen) atoms. The van der Waals surface area contributed by atoms with Crippen LogP contribution in [-0.4, -0.2) is 10.9 Å². The number of thiophene rings is 1. The van der Waals surface area contributed by atoms with Crippen molar-refractivity contribution in [3.05, 3.63) is 88.2 Å². The smallest absolute Gasteiger partial charge is 0.251 e. The molecule has 1 amide bonds. The highest BCUT2D eigenvalue weighted by atomic mass is 32.1. The summed E-state index contributed by atoms with van der Waals surface area (Å²) in [6, 6.07) is 17.9. The van der Waals surface area contributed by atoms with Crippen LogP contribution in [0.1, 0.15) is 21.5 Å². The molecule has 4 aromatic rings. The first-order valence-electron chi connectivity index (χ1n) is 8.46. The van der Waals surface area contributed by atoms with Gasteiger partial charge < -0.3 is 5.32 Å². The predicted octanol–water partition coefficient (Wildman–Crippen LogP) is 5.20. The van der Waals surface area contributed by atoms with Gasteiger partial charge in [0.1, 0.15) is 0 Å². The van der Waals surface area contributed by atoms with Crippen molar-refractivity contribution in [3.8, 4) is 11.1 Å². The van der Waals surface area contributed by atoms with Crippen LogP contribution in [0.3, 0.4) is 0 Å². The van der Waals surface area contributed by atoms with Gasteiger partial charge in [0.2, 0.25) is 0 Å². The number of carbonyl (C=O) groups is 1. The highest BCUT2D eigenvalue weighted by Crippen LogP contribution is 2.26. The van der Waals surface area contributed by atoms with E-state index in [4.69, 9.17) is 0 Å². The van der Waals surface area contributed by atoms with E-state index in [2.05, 4.69) is 39.3 Å². The number of amides is 1. The summed E-state index contributed by atoms with van der Waals surface area (Å²) in [5.41, 5.74) is 6.14. The monoisotopic (exact) mass is 358 g/mol. The van der Waals surface area contributed by atoms with E-state index >= 15 is 0 Å². The van der Waals surface area contributed by atoms with Gasteiger partial charge in [0.05, 0.1) is 5.52 Å². The Hall–Kier alpha value is -2.98. The Bertz CT molecular complexity index is 1070. The van der Waals surface area contributed by atoms with E-state index in [0.717, 1.165) is 27.6 Å². The van der Waals surface area contributed by atoms with Crippen LogP contribution >= 0.6 is 11.3 Å². The molecule has 0 fully saturated rings. The van der Waals surface area contributed by atoms with E-state index in [1.807, 2.05) is 43.3 Å². The SMILES string of the molecule is Cc1ccnc2ccc(C(=O)NCc3ccccc3-c3ccsc3)cc12. The lowest BCUT2D eigenvalue weighted by Crippen LogP contribution is -2.23. The number of aryl methyl sites for hydroxylation is 1. The third kappa shape index (κ3) is 3.24. The molecule has 0 saturated carbocycles. The zero-order valence-electron chi connectivity index (χ0n) is 14.4. The van der Waals surface area contributed by atoms with E-state index in [1.165, 1.54) is 5.56 Å². The Morgan fingerprint density at radius 1 is 1.12 bits per heavy atom. The van der Waals surface area contributed by atoms with Crippen LogP contribution in [0, 0.1) is 6.92 Å². The molecule has 0 spiro atoms. The molecule has 0 atom stereocenters. The first-order valence-corrected chi connectivity index (χ1v) is 9.41. The highest BCUT2D eigenvalue weighted by molar-refractivity contribution is 7.08. The van der Waals surface area contributed by atoms with Gasteiger partial charge in [0, 0.05) is 23.7 Å². The third-order valence-electron chi connectivity index (χ3n) is 4.51. The second-order valence-electron chi connectivity index (χ2n) is 6.21. The maximum atomic E-state index is 12.6. The van der Waals surface area contributed by atoms with Gasteiger partial charge in [-0.25, -0.2) is 0 Å². The van der Waals surface area contributed by atoms with Gasteiger partial charge in [-0.05, 0) is 70.3 Å². The molecule has 0 radical (unpaired) electrons. The number of nitrogens with zero attached hydrogens (tertiary/aromatic N) is 1. The molecule has 4 rings (SSSR count). The normalized spacial score (nSPS) is 10.8. The Morgan fingerprint density at radius 3 is 2.85 bits per heavy atom. The van der Waals surface area contributed by atoms with Crippen LogP contribution in [0.25, 0.3) is 22.0 Å². The number of fused-ring (bicyclic) bond motifs is 1. The van der Waals surface area contributed by atoms with E-state index in [-0.39, 0.29) is 5.91 Å². The average Bonchev–Trinajstić information content (AvgIpc) is 3.21. The molecule has 0 saturated heterocycles. The summed E-state index contributed by atoms with van der Waals surface area (Å²) in [5, 5.41) is 8.25. The predicted molar refractivity (Wildman–Crippen MR) is 107 cm³/mol. The van der Waals surface area contributed by atoms with Crippen molar-refractivity contribution < 1.29 is 4.79 Å². The topological polar surface area (TPSA) is 42.0 Å². The third-order valence-corrected chi connectivity index (χ3v) is 5.19. The fourth-order valence-corrected chi connectivity index (χ4v) is 3.73. The minimum absolute atomic E-state index is 0.0738. The van der Waals surface area contributed by atoms with Gasteiger partial charge in [-0.3, -0.25) is 9.78 Å². The molecule has 0 aliphatic carbocycles. The molecule has 2 aromatic carbocycles. The van der Waals surface area contributed by atoms with Crippen molar-refractivity contribution in [2.24, 2.45) is 0 Å². The lowest BCUT2D eigenvalue weighted by molar-refractivity contribution is 0.0951. The molecule has 0 bridgehead atoms. The Morgan fingerprint density at radius 2 is 2.00 bits per heavy atom. The molecule has 128 valence electrons. The van der Waals surface area contributed by atoms with Gasteiger partial charge in [-0.1, -0.05) is 24.3 Å². The van der Waals surface area contributed by atoms with Gasteiger partial charge in [-0.2, -0.15) is 11.3 Å². The largest absolute Gasteiger partial charge is 0.348 e. The van der Waals surface area contributed by atoms with Crippen molar-refractivity contribution in [1.29, 1.82) is 0 Å². The van der Waals surface area contributed by atoms with Crippen molar-refractivity contribution in [3.63, 3.8) is 0 Å². The van der Waals surface area contributed by atoms with E-state index in [0.29, 0.717) is 12.1 Å². The van der Waals surface area contributed by atoms with Crippen molar-refractivity contribution in [1.82, 2.24) is 10.3 Å². The summed E-state index contributed by atoms with van der Waals surface area (Å²) in [7, 11) is 0. The molecule has 3 nitrogen and oxygen atoms in total. The quantitative estimate of drug-likeness (QED) is 0.545. The van der Waals surface area contributed by atoms with Crippen LogP contribution < -0.4 is 5.32 Å². The molecule has 2 aromatic heterocycles. The number of hydrogen-bond donors (Lipinski definition) is 1. The van der Waals surface area contributed by atoms with E-state index < -0.39 is 0 Å². The van der Waals surface area contributed by atoms with Crippen LogP contribution in [-0.2, 0) is 6.54 Å². The Kier molecular flexibility index (Phi) is 4.50. The van der Waals surface area contributed by atoms with Crippen molar-refractivity contribution in [2.45, 2.75) is 13.5 Å². The van der Waals surface area contributed by atoms with Gasteiger partial charge >= 0.3 is 0 Å². The Balaban J connectivity index is 1.56. The molecule has 0 unspecified atom stereocenters. The zero-order valence-corrected chi connectivity index (χ0v) is 15.2. The second-order valence-corrected chi connectivity index (χ2v) is 6.99. The summed E-state index contributed by atoms with van der Waals surface area (Å²) in [6.07, 6.45) is 1.79. The number of rotatable bonds is 4. The first-order chi connectivity index (χ1) is 12.7. The van der Waals surface area contributed by atoms with Crippen LogP contribution in [0.2, 0.25) is 0 Å². The number of nitrogens with one attached hydrogen (secondary N) is 1. The molecular formula is C22H18N2OS. The lowest BCUT2D eigenvalue weighted by Gasteiger charge is -2.10. The zero-order chi connectivity index (χ0) is 17.9. The van der Waals surface area contributed by atoms with Crippen molar-refractivity contribution in [2.75, 3.05) is 0 Å². The standard InChI is InChI=1S/C22H18N2OS/c1-15-8-10-23-21-7-6-16(12-20(15)21)22(25)24-13-17-4-2-3-5-19(17)18-9-11-26-14-18/h2-12,14H,13H2,1H3,(H,24,25). The number of benzene rings is 2. The molecule has 0 aliphatic heterocycles. The summed E-state index contributed by atoms with van der Waals surface area (Å²) in [5.74, 6) is -0.0738. The van der Waals surface area contributed by atoms with Crippen LogP contribution in [0.4, 0.5) is 0 Å². The summed E-state index contributed by atoms with van der Waals surface area (Å²) < 4.78 is 0. The van der Waals surface area contributed by atoms with Gasteiger partial charge in [0.25, 0.3) is 5.91 Å². The number of hydrogen-bond acceptors (Lipinski definition) is 3. The Labute approximate surface area is 156 Å². The van der Waals surface area contributed by atoms with Crippen LogP contribution in [0.15, 0.2) is 71.6 Å². The molecule has 2 heterocycles. The summed E-state index contributed by atoms with van der Waals surface area (Å²) in [6.45, 7) is 2.53. The minimum atomic E-state index is -0.0738. The highest BCUT2D eigenvalue weighted by Gasteiger charge is 2.10. The van der Waals surface area contributed by atoms with Gasteiger partial charge in [-0.15, -0.1) is 0 Å². The average molecular weight is 358 g/mol. The molecular weight excluding hydrogens is 340 g/mol. The number of pyridine rings is 1. The summed E-state index contributed by atoms with van der Waals surface area (Å²) in [4.78, 5) is 17.0. The second kappa shape index (κ2) is 7.10. The molecule has 1 N–H and O–H groups in total. The molecule has 0 aliphatic rings. The first kappa shape index (κ1) is 16.5. The number of carbonyl (C=O) groups excluding carboxylic acids is 1. The maximum absolute atomic E-state index is 12.6.